The molecular formula is C24H26O7. The van der Waals surface area contributed by atoms with Crippen molar-refractivity contribution in [2.75, 3.05) is 13.9 Å². The molecule has 1 unspecified atom stereocenters. The van der Waals surface area contributed by atoms with Crippen LogP contribution in [-0.4, -0.2) is 30.1 Å². The van der Waals surface area contributed by atoms with E-state index in [2.05, 4.69) is 0 Å². The van der Waals surface area contributed by atoms with Crippen LogP contribution in [0.4, 0.5) is 0 Å². The summed E-state index contributed by atoms with van der Waals surface area (Å²) in [6, 6.07) is 5.45. The van der Waals surface area contributed by atoms with Crippen LogP contribution >= 0.6 is 0 Å². The molecule has 7 heteroatoms. The van der Waals surface area contributed by atoms with Crippen molar-refractivity contribution < 1.29 is 34.0 Å². The fourth-order valence-corrected chi connectivity index (χ4v) is 4.06. The zero-order valence-electron chi connectivity index (χ0n) is 17.9. The third-order valence-corrected chi connectivity index (χ3v) is 5.90. The lowest BCUT2D eigenvalue weighted by molar-refractivity contribution is 0.0533. The van der Waals surface area contributed by atoms with E-state index in [-0.39, 0.29) is 24.7 Å². The highest BCUT2D eigenvalue weighted by Gasteiger charge is 2.31. The van der Waals surface area contributed by atoms with Gasteiger partial charge in [0.05, 0.1) is 13.2 Å². The number of ether oxygens (including phenoxy) is 4. The van der Waals surface area contributed by atoms with E-state index >= 15 is 0 Å². The summed E-state index contributed by atoms with van der Waals surface area (Å²) >= 11 is 0. The van der Waals surface area contributed by atoms with Gasteiger partial charge in [-0.25, -0.2) is 4.79 Å². The van der Waals surface area contributed by atoms with Crippen molar-refractivity contribution in [2.45, 2.75) is 45.8 Å². The van der Waals surface area contributed by atoms with Gasteiger partial charge in [0.15, 0.2) is 11.5 Å². The van der Waals surface area contributed by atoms with Gasteiger partial charge in [0, 0.05) is 11.1 Å². The van der Waals surface area contributed by atoms with Crippen molar-refractivity contribution in [1.29, 1.82) is 0 Å². The summed E-state index contributed by atoms with van der Waals surface area (Å²) in [5.41, 5.74) is 4.12. The first-order valence-electron chi connectivity index (χ1n) is 10.2. The molecule has 0 bridgehead atoms. The largest absolute Gasteiger partial charge is 0.507 e. The average molecular weight is 426 g/mol. The molecular weight excluding hydrogens is 400 g/mol. The molecule has 1 atom stereocenters. The van der Waals surface area contributed by atoms with Crippen LogP contribution in [0.25, 0.3) is 0 Å². The van der Waals surface area contributed by atoms with E-state index in [0.29, 0.717) is 47.6 Å². The number of carbonyl (C=O) groups is 1. The zero-order valence-corrected chi connectivity index (χ0v) is 17.9. The number of carbonyl (C=O) groups excluding carboxylic acids is 1. The van der Waals surface area contributed by atoms with Gasteiger partial charge < -0.3 is 29.2 Å². The van der Waals surface area contributed by atoms with E-state index in [4.69, 9.17) is 18.9 Å². The Morgan fingerprint density at radius 1 is 1.26 bits per heavy atom. The lowest BCUT2D eigenvalue weighted by atomic mass is 9.94. The summed E-state index contributed by atoms with van der Waals surface area (Å²) in [6.45, 7) is 4.19. The molecule has 0 aliphatic carbocycles. The smallest absolute Gasteiger partial charge is 0.342 e. The Labute approximate surface area is 180 Å². The van der Waals surface area contributed by atoms with Crippen LogP contribution < -0.4 is 14.2 Å². The van der Waals surface area contributed by atoms with E-state index in [1.807, 2.05) is 26.0 Å². The second-order valence-corrected chi connectivity index (χ2v) is 7.84. The molecule has 0 fully saturated rings. The minimum absolute atomic E-state index is 0.0793. The summed E-state index contributed by atoms with van der Waals surface area (Å²) in [5, 5.41) is 21.2. The van der Waals surface area contributed by atoms with Gasteiger partial charge in [-0.15, -0.1) is 0 Å². The molecule has 0 saturated heterocycles. The van der Waals surface area contributed by atoms with Gasteiger partial charge in [-0.1, -0.05) is 17.7 Å². The topological polar surface area (TPSA) is 94.5 Å². The van der Waals surface area contributed by atoms with Gasteiger partial charge in [0.25, 0.3) is 0 Å². The molecule has 31 heavy (non-hydrogen) atoms. The third kappa shape index (κ3) is 3.93. The number of hydrogen-bond donors (Lipinski definition) is 2. The van der Waals surface area contributed by atoms with Crippen molar-refractivity contribution in [3.8, 4) is 23.0 Å². The first-order chi connectivity index (χ1) is 14.9. The monoisotopic (exact) mass is 426 g/mol. The average Bonchev–Trinajstić information content (AvgIpc) is 3.39. The van der Waals surface area contributed by atoms with Gasteiger partial charge >= 0.3 is 5.97 Å². The van der Waals surface area contributed by atoms with E-state index in [0.717, 1.165) is 16.7 Å². The van der Waals surface area contributed by atoms with E-state index in [9.17, 15) is 15.0 Å². The highest BCUT2D eigenvalue weighted by atomic mass is 16.7. The van der Waals surface area contributed by atoms with Crippen LogP contribution in [0.5, 0.6) is 23.0 Å². The normalized spacial score (nSPS) is 15.6. The Kier molecular flexibility index (Phi) is 5.78. The van der Waals surface area contributed by atoms with Gasteiger partial charge in [0.2, 0.25) is 6.79 Å². The number of benzene rings is 2. The van der Waals surface area contributed by atoms with Crippen molar-refractivity contribution in [2.24, 2.45) is 0 Å². The number of aliphatic hydroxyl groups excluding tert-OH is 1. The quantitative estimate of drug-likeness (QED) is 0.508. The SMILES string of the molecule is COc1c(C)c2c(c(O)c1C/C=C(\C)CCC(O)c1ccc3c(c1)OCO3)C(=O)OC2. The molecule has 2 aliphatic rings. The van der Waals surface area contributed by atoms with Crippen LogP contribution in [-0.2, 0) is 17.8 Å². The maximum atomic E-state index is 12.0. The second-order valence-electron chi connectivity index (χ2n) is 7.84. The zero-order chi connectivity index (χ0) is 22.1. The molecule has 2 heterocycles. The van der Waals surface area contributed by atoms with Crippen molar-refractivity contribution >= 4 is 5.97 Å². The number of aromatic hydroxyl groups is 1. The Morgan fingerprint density at radius 3 is 2.81 bits per heavy atom. The maximum absolute atomic E-state index is 12.0. The van der Waals surface area contributed by atoms with Crippen LogP contribution in [0, 0.1) is 6.92 Å². The highest BCUT2D eigenvalue weighted by molar-refractivity contribution is 5.98. The Bertz CT molecular complexity index is 1050. The number of rotatable bonds is 7. The lowest BCUT2D eigenvalue weighted by Crippen LogP contribution is -2.03. The number of allylic oxidation sites excluding steroid dienone is 2. The minimum Gasteiger partial charge on any atom is -0.507 e. The first kappa shape index (κ1) is 21.1. The van der Waals surface area contributed by atoms with Crippen LogP contribution in [0.1, 0.15) is 58.5 Å². The predicted octanol–water partition coefficient (Wildman–Crippen LogP) is 4.11. The molecule has 0 amide bonds. The fraction of sp³-hybridized carbons (Fsp3) is 0.375. The molecule has 164 valence electrons. The maximum Gasteiger partial charge on any atom is 0.342 e. The minimum atomic E-state index is -0.627. The number of aliphatic hydroxyl groups is 1. The van der Waals surface area contributed by atoms with Crippen molar-refractivity contribution in [3.05, 3.63) is 57.7 Å². The van der Waals surface area contributed by atoms with Crippen LogP contribution in [0.15, 0.2) is 29.8 Å². The molecule has 4 rings (SSSR count). The standard InChI is InChI=1S/C24H26O7/c1-13(5-8-18(25)15-6-9-19-20(10-15)31-12-30-19)4-7-16-22(26)21-17(11-29-24(21)27)14(2)23(16)28-3/h4,6,9-10,18,25-26H,5,7-8,11-12H2,1-3H3/b13-4+. The highest BCUT2D eigenvalue weighted by Crippen LogP contribution is 2.42. The van der Waals surface area contributed by atoms with E-state index in [1.54, 1.807) is 19.2 Å². The molecule has 2 N–H and O–H groups in total. The summed E-state index contributed by atoms with van der Waals surface area (Å²) < 4.78 is 21.3. The first-order valence-corrected chi connectivity index (χ1v) is 10.2. The molecule has 7 nitrogen and oxygen atoms in total. The summed E-state index contributed by atoms with van der Waals surface area (Å²) in [5.74, 6) is 1.32. The number of methoxy groups -OCH3 is 1. The van der Waals surface area contributed by atoms with E-state index in [1.165, 1.54) is 0 Å². The Balaban J connectivity index is 1.46. The van der Waals surface area contributed by atoms with Gasteiger partial charge in [-0.3, -0.25) is 0 Å². The second kappa shape index (κ2) is 8.51. The van der Waals surface area contributed by atoms with Gasteiger partial charge in [-0.2, -0.15) is 0 Å². The molecule has 0 aromatic heterocycles. The molecule has 0 spiro atoms. The summed E-state index contributed by atoms with van der Waals surface area (Å²) in [6.07, 6.45) is 2.97. The van der Waals surface area contributed by atoms with Crippen LogP contribution in [0.2, 0.25) is 0 Å². The Hall–Kier alpha value is -3.19. The predicted molar refractivity (Wildman–Crippen MR) is 113 cm³/mol. The summed E-state index contributed by atoms with van der Waals surface area (Å²) in [4.78, 5) is 12.0. The fourth-order valence-electron chi connectivity index (χ4n) is 4.06. The lowest BCUT2D eigenvalue weighted by Gasteiger charge is -2.16. The molecule has 0 saturated carbocycles. The number of fused-ring (bicyclic) bond motifs is 2. The molecule has 0 radical (unpaired) electrons. The number of cyclic esters (lactones) is 1. The number of phenolic OH excluding ortho intramolecular Hbond substituents is 1. The number of phenols is 1. The summed E-state index contributed by atoms with van der Waals surface area (Å²) in [7, 11) is 1.55. The van der Waals surface area contributed by atoms with E-state index < -0.39 is 12.1 Å². The molecule has 2 aromatic carbocycles. The number of esters is 1. The molecule has 2 aliphatic heterocycles. The van der Waals surface area contributed by atoms with Crippen LogP contribution in [0.3, 0.4) is 0 Å². The third-order valence-electron chi connectivity index (χ3n) is 5.90. The van der Waals surface area contributed by atoms with Crippen molar-refractivity contribution in [1.82, 2.24) is 0 Å². The van der Waals surface area contributed by atoms with Crippen molar-refractivity contribution in [3.63, 3.8) is 0 Å². The van der Waals surface area contributed by atoms with Gasteiger partial charge in [-0.05, 0) is 56.4 Å². The number of hydrogen-bond acceptors (Lipinski definition) is 7. The Morgan fingerprint density at radius 2 is 2.03 bits per heavy atom. The van der Waals surface area contributed by atoms with Gasteiger partial charge in [0.1, 0.15) is 23.7 Å². The molecule has 2 aromatic rings.